The van der Waals surface area contributed by atoms with E-state index in [4.69, 9.17) is 0 Å². The number of para-hydroxylation sites is 3. The van der Waals surface area contributed by atoms with Gasteiger partial charge in [0.05, 0.1) is 11.0 Å². The predicted molar refractivity (Wildman–Crippen MR) is 241 cm³/mol. The van der Waals surface area contributed by atoms with Gasteiger partial charge in [0.1, 0.15) is 0 Å². The van der Waals surface area contributed by atoms with Crippen LogP contribution in [0, 0.1) is 0 Å². The topological polar surface area (TPSA) is 8.17 Å². The lowest BCUT2D eigenvalue weighted by Gasteiger charge is -2.36. The summed E-state index contributed by atoms with van der Waals surface area (Å²) < 4.78 is 2.40. The van der Waals surface area contributed by atoms with Crippen molar-refractivity contribution in [2.75, 3.05) is 4.90 Å². The molecule has 0 amide bonds. The summed E-state index contributed by atoms with van der Waals surface area (Å²) in [5, 5.41) is 5.17. The molecule has 270 valence electrons. The Kier molecular flexibility index (Phi) is 7.55. The van der Waals surface area contributed by atoms with Crippen molar-refractivity contribution in [1.82, 2.24) is 4.57 Å². The largest absolute Gasteiger partial charge is 0.310 e. The number of nitrogens with zero attached hydrogens (tertiary/aromatic N) is 2. The SMILES string of the molecule is CC1(C)c2cc(N(c3ccccc3)c3cc(-c4ccccc4)cc(-c4ccc5c6ccccc6n(-c6ccccc6)c5c4)c3)ccc2-c2cccc3cccc1c23. The molecule has 2 heteroatoms. The Morgan fingerprint density at radius 1 is 0.386 bits per heavy atom. The average molecular weight is 729 g/mol. The minimum Gasteiger partial charge on any atom is -0.310 e. The van der Waals surface area contributed by atoms with Gasteiger partial charge in [-0.3, -0.25) is 0 Å². The van der Waals surface area contributed by atoms with Crippen LogP contribution in [0.2, 0.25) is 0 Å². The minimum absolute atomic E-state index is 0.189. The fraction of sp³-hybridized carbons (Fsp3) is 0.0545. The first-order chi connectivity index (χ1) is 28.0. The monoisotopic (exact) mass is 728 g/mol. The first-order valence-electron chi connectivity index (χ1n) is 19.8. The number of fused-ring (bicyclic) bond motifs is 5. The van der Waals surface area contributed by atoms with E-state index in [1.165, 1.54) is 71.5 Å². The Labute approximate surface area is 333 Å². The maximum Gasteiger partial charge on any atom is 0.0547 e. The van der Waals surface area contributed by atoms with Crippen LogP contribution in [-0.2, 0) is 5.41 Å². The van der Waals surface area contributed by atoms with E-state index in [-0.39, 0.29) is 5.41 Å². The van der Waals surface area contributed by atoms with Crippen molar-refractivity contribution in [3.8, 4) is 39.1 Å². The molecule has 0 bridgehead atoms. The molecular formula is C55H40N2. The van der Waals surface area contributed by atoms with E-state index in [0.29, 0.717) is 0 Å². The summed E-state index contributed by atoms with van der Waals surface area (Å²) in [6.07, 6.45) is 0. The normalized spacial score (nSPS) is 12.9. The van der Waals surface area contributed by atoms with E-state index < -0.39 is 0 Å². The number of benzene rings is 9. The highest BCUT2D eigenvalue weighted by Gasteiger charge is 2.34. The van der Waals surface area contributed by atoms with Crippen molar-refractivity contribution in [1.29, 1.82) is 0 Å². The quantitative estimate of drug-likeness (QED) is 0.165. The van der Waals surface area contributed by atoms with Crippen molar-refractivity contribution >= 4 is 49.6 Å². The van der Waals surface area contributed by atoms with Gasteiger partial charge in [0.25, 0.3) is 0 Å². The molecule has 11 rings (SSSR count). The van der Waals surface area contributed by atoms with E-state index in [0.717, 1.165) is 28.3 Å². The molecule has 1 aromatic heterocycles. The third-order valence-corrected chi connectivity index (χ3v) is 12.1. The molecular weight excluding hydrogens is 689 g/mol. The van der Waals surface area contributed by atoms with Crippen LogP contribution in [0.25, 0.3) is 71.6 Å². The summed E-state index contributed by atoms with van der Waals surface area (Å²) in [6, 6.07) is 75.7. The van der Waals surface area contributed by atoms with Gasteiger partial charge >= 0.3 is 0 Å². The van der Waals surface area contributed by atoms with Crippen molar-refractivity contribution in [3.05, 3.63) is 217 Å². The Morgan fingerprint density at radius 2 is 1.05 bits per heavy atom. The smallest absolute Gasteiger partial charge is 0.0547 e. The van der Waals surface area contributed by atoms with Gasteiger partial charge in [-0.2, -0.15) is 0 Å². The van der Waals surface area contributed by atoms with E-state index in [9.17, 15) is 0 Å². The molecule has 0 aliphatic heterocycles. The number of hydrogen-bond donors (Lipinski definition) is 0. The van der Waals surface area contributed by atoms with Gasteiger partial charge in [-0.15, -0.1) is 0 Å². The number of aromatic nitrogens is 1. The second-order valence-electron chi connectivity index (χ2n) is 15.8. The molecule has 0 N–H and O–H groups in total. The molecule has 1 heterocycles. The lowest BCUT2D eigenvalue weighted by molar-refractivity contribution is 0.645. The van der Waals surface area contributed by atoms with Gasteiger partial charge in [-0.25, -0.2) is 0 Å². The van der Waals surface area contributed by atoms with Crippen LogP contribution >= 0.6 is 0 Å². The zero-order valence-corrected chi connectivity index (χ0v) is 32.0. The van der Waals surface area contributed by atoms with Gasteiger partial charge in [0, 0.05) is 38.9 Å². The zero-order chi connectivity index (χ0) is 38.1. The third-order valence-electron chi connectivity index (χ3n) is 12.1. The highest BCUT2D eigenvalue weighted by atomic mass is 15.1. The van der Waals surface area contributed by atoms with Crippen LogP contribution in [-0.4, -0.2) is 4.57 Å². The summed E-state index contributed by atoms with van der Waals surface area (Å²) in [4.78, 5) is 2.44. The maximum absolute atomic E-state index is 2.44. The van der Waals surface area contributed by atoms with E-state index in [1.54, 1.807) is 0 Å². The summed E-state index contributed by atoms with van der Waals surface area (Å²) in [5.74, 6) is 0. The number of hydrogen-bond acceptors (Lipinski definition) is 1. The Balaban J connectivity index is 1.14. The molecule has 0 unspecified atom stereocenters. The summed E-state index contributed by atoms with van der Waals surface area (Å²) in [5.41, 5.74) is 16.8. The first-order valence-corrected chi connectivity index (χ1v) is 19.8. The van der Waals surface area contributed by atoms with Crippen molar-refractivity contribution in [2.45, 2.75) is 19.3 Å². The minimum atomic E-state index is -0.189. The summed E-state index contributed by atoms with van der Waals surface area (Å²) in [6.45, 7) is 4.76. The number of rotatable bonds is 6. The summed E-state index contributed by atoms with van der Waals surface area (Å²) in [7, 11) is 0. The van der Waals surface area contributed by atoms with Gasteiger partial charge < -0.3 is 9.47 Å². The standard InChI is InChI=1S/C55H40N2/c1-55(2)50-26-15-19-38-18-14-25-49(54(38)50)46-31-29-44(36-51(46)55)56(42-20-8-4-9-21-42)45-33-40(37-16-6-3-7-17-37)32-41(34-45)39-28-30-48-47-24-12-13-27-52(47)57(53(48)35-39)43-22-10-5-11-23-43/h3-36H,1-2H3. The molecule has 0 fully saturated rings. The Hall–Kier alpha value is -7.16. The average Bonchev–Trinajstić information content (AvgIpc) is 3.60. The zero-order valence-electron chi connectivity index (χ0n) is 32.0. The molecule has 10 aromatic rings. The van der Waals surface area contributed by atoms with Gasteiger partial charge in [-0.1, -0.05) is 153 Å². The van der Waals surface area contributed by atoms with Crippen molar-refractivity contribution in [3.63, 3.8) is 0 Å². The fourth-order valence-electron chi connectivity index (χ4n) is 9.39. The van der Waals surface area contributed by atoms with E-state index in [1.807, 2.05) is 0 Å². The molecule has 9 aromatic carbocycles. The van der Waals surface area contributed by atoms with Crippen LogP contribution in [0.5, 0.6) is 0 Å². The van der Waals surface area contributed by atoms with Crippen LogP contribution in [0.3, 0.4) is 0 Å². The van der Waals surface area contributed by atoms with Crippen LogP contribution in [0.15, 0.2) is 206 Å². The van der Waals surface area contributed by atoms with Crippen molar-refractivity contribution in [2.24, 2.45) is 0 Å². The van der Waals surface area contributed by atoms with Gasteiger partial charge in [-0.05, 0) is 122 Å². The van der Waals surface area contributed by atoms with Crippen molar-refractivity contribution < 1.29 is 0 Å². The lowest BCUT2D eigenvalue weighted by Crippen LogP contribution is -2.24. The molecule has 1 aliphatic rings. The Morgan fingerprint density at radius 3 is 1.84 bits per heavy atom. The second kappa shape index (κ2) is 13.0. The highest BCUT2D eigenvalue weighted by Crippen LogP contribution is 2.51. The molecule has 0 atom stereocenters. The molecule has 0 saturated heterocycles. The second-order valence-corrected chi connectivity index (χ2v) is 15.8. The lowest BCUT2D eigenvalue weighted by atomic mass is 9.68. The molecule has 1 aliphatic carbocycles. The van der Waals surface area contributed by atoms with Crippen LogP contribution < -0.4 is 4.90 Å². The molecule has 0 saturated carbocycles. The van der Waals surface area contributed by atoms with Crippen LogP contribution in [0.1, 0.15) is 25.0 Å². The predicted octanol–water partition coefficient (Wildman–Crippen LogP) is 15.0. The molecule has 0 radical (unpaired) electrons. The van der Waals surface area contributed by atoms with Crippen LogP contribution in [0.4, 0.5) is 17.1 Å². The first kappa shape index (κ1) is 33.2. The molecule has 0 spiro atoms. The summed E-state index contributed by atoms with van der Waals surface area (Å²) >= 11 is 0. The third kappa shape index (κ3) is 5.33. The fourth-order valence-corrected chi connectivity index (χ4v) is 9.39. The van der Waals surface area contributed by atoms with Gasteiger partial charge in [0.15, 0.2) is 0 Å². The van der Waals surface area contributed by atoms with Gasteiger partial charge in [0.2, 0.25) is 0 Å². The molecule has 57 heavy (non-hydrogen) atoms. The maximum atomic E-state index is 2.44. The Bertz CT molecular complexity index is 3130. The van der Waals surface area contributed by atoms with E-state index in [2.05, 4.69) is 230 Å². The molecule has 2 nitrogen and oxygen atoms in total. The highest BCUT2D eigenvalue weighted by molar-refractivity contribution is 6.10. The van der Waals surface area contributed by atoms with E-state index >= 15 is 0 Å². The number of anilines is 3.